The lowest BCUT2D eigenvalue weighted by molar-refractivity contribution is -0.127. The van der Waals surface area contributed by atoms with E-state index in [-0.39, 0.29) is 23.9 Å². The minimum Gasteiger partial charge on any atom is -0.465 e. The summed E-state index contributed by atoms with van der Waals surface area (Å²) in [6, 6.07) is 6.60. The third-order valence-corrected chi connectivity index (χ3v) is 5.64. The fourth-order valence-corrected chi connectivity index (χ4v) is 3.83. The summed E-state index contributed by atoms with van der Waals surface area (Å²) in [5.74, 6) is 0.436. The van der Waals surface area contributed by atoms with E-state index in [2.05, 4.69) is 4.98 Å². The number of amides is 1. The highest BCUT2D eigenvalue weighted by Gasteiger charge is 2.29. The Morgan fingerprint density at radius 2 is 1.96 bits per heavy atom. The Hall–Kier alpha value is -2.45. The van der Waals surface area contributed by atoms with Gasteiger partial charge in [-0.3, -0.25) is 9.78 Å². The summed E-state index contributed by atoms with van der Waals surface area (Å²) >= 11 is 0. The molecule has 0 radical (unpaired) electrons. The van der Waals surface area contributed by atoms with Gasteiger partial charge in [0, 0.05) is 44.6 Å². The van der Waals surface area contributed by atoms with Gasteiger partial charge in [-0.25, -0.2) is 8.42 Å². The first-order chi connectivity index (χ1) is 11.6. The number of piperazine rings is 1. The zero-order chi connectivity index (χ0) is 17.0. The number of sulfonamides is 1. The maximum Gasteiger partial charge on any atom is 0.246 e. The number of furan rings is 1. The second kappa shape index (κ2) is 6.98. The molecule has 3 heterocycles. The molecule has 1 saturated heterocycles. The molecule has 1 amide bonds. The SMILES string of the molecule is O=C(C=Cc1ccco1)N1CCN(S(=O)(=O)c2cccnc2)CC1. The molecule has 0 bridgehead atoms. The highest BCUT2D eigenvalue weighted by Crippen LogP contribution is 2.16. The van der Waals surface area contributed by atoms with Gasteiger partial charge in [0.2, 0.25) is 15.9 Å². The van der Waals surface area contributed by atoms with Crippen LogP contribution in [-0.4, -0.2) is 54.7 Å². The average Bonchev–Trinajstić information content (AvgIpc) is 3.14. The zero-order valence-electron chi connectivity index (χ0n) is 12.9. The van der Waals surface area contributed by atoms with Crippen molar-refractivity contribution in [2.45, 2.75) is 4.90 Å². The van der Waals surface area contributed by atoms with Crippen molar-refractivity contribution in [3.63, 3.8) is 0 Å². The van der Waals surface area contributed by atoms with Crippen LogP contribution < -0.4 is 0 Å². The predicted molar refractivity (Wildman–Crippen MR) is 87.3 cm³/mol. The highest BCUT2D eigenvalue weighted by atomic mass is 32.2. The molecule has 126 valence electrons. The van der Waals surface area contributed by atoms with Crippen LogP contribution >= 0.6 is 0 Å². The fraction of sp³-hybridized carbons (Fsp3) is 0.250. The summed E-state index contributed by atoms with van der Waals surface area (Å²) in [7, 11) is -3.56. The first-order valence-corrected chi connectivity index (χ1v) is 8.92. The molecule has 0 aliphatic carbocycles. The molecule has 0 atom stereocenters. The number of carbonyl (C=O) groups is 1. The molecule has 24 heavy (non-hydrogen) atoms. The maximum atomic E-state index is 12.5. The van der Waals surface area contributed by atoms with E-state index in [4.69, 9.17) is 4.42 Å². The van der Waals surface area contributed by atoms with Gasteiger partial charge in [-0.2, -0.15) is 4.31 Å². The van der Waals surface area contributed by atoms with Gasteiger partial charge in [0.15, 0.2) is 0 Å². The van der Waals surface area contributed by atoms with Gasteiger partial charge in [0.1, 0.15) is 10.7 Å². The van der Waals surface area contributed by atoms with Crippen molar-refractivity contribution in [1.82, 2.24) is 14.2 Å². The van der Waals surface area contributed by atoms with Crippen molar-refractivity contribution in [3.05, 3.63) is 54.8 Å². The zero-order valence-corrected chi connectivity index (χ0v) is 13.7. The molecule has 2 aromatic rings. The van der Waals surface area contributed by atoms with Crippen LogP contribution in [0.3, 0.4) is 0 Å². The number of hydrogen-bond acceptors (Lipinski definition) is 5. The van der Waals surface area contributed by atoms with Gasteiger partial charge in [0.05, 0.1) is 6.26 Å². The van der Waals surface area contributed by atoms with Crippen molar-refractivity contribution in [3.8, 4) is 0 Å². The molecular weight excluding hydrogens is 330 g/mol. The van der Waals surface area contributed by atoms with Gasteiger partial charge in [-0.05, 0) is 30.3 Å². The summed E-state index contributed by atoms with van der Waals surface area (Å²) in [4.78, 5) is 17.8. The molecule has 0 N–H and O–H groups in total. The standard InChI is InChI=1S/C16H17N3O4S/c20-16(6-5-14-3-2-12-23-14)18-8-10-19(11-9-18)24(21,22)15-4-1-7-17-13-15/h1-7,12-13H,8-11H2. The minimum absolute atomic E-state index is 0.162. The summed E-state index contributed by atoms with van der Waals surface area (Å²) in [6.45, 7) is 1.22. The molecular formula is C16H17N3O4S. The Morgan fingerprint density at radius 3 is 2.58 bits per heavy atom. The summed E-state index contributed by atoms with van der Waals surface area (Å²) in [5, 5.41) is 0. The van der Waals surface area contributed by atoms with Gasteiger partial charge >= 0.3 is 0 Å². The highest BCUT2D eigenvalue weighted by molar-refractivity contribution is 7.89. The van der Waals surface area contributed by atoms with Crippen molar-refractivity contribution in [1.29, 1.82) is 0 Å². The molecule has 8 heteroatoms. The van der Waals surface area contributed by atoms with Crippen molar-refractivity contribution < 1.29 is 17.6 Å². The Bertz CT molecular complexity index is 808. The van der Waals surface area contributed by atoms with E-state index >= 15 is 0 Å². The Balaban J connectivity index is 1.60. The molecule has 0 spiro atoms. The molecule has 1 aliphatic heterocycles. The summed E-state index contributed by atoms with van der Waals surface area (Å²) in [6.07, 6.45) is 7.43. The van der Waals surface area contributed by atoms with Crippen molar-refractivity contribution >= 4 is 22.0 Å². The van der Waals surface area contributed by atoms with Crippen LogP contribution in [0, 0.1) is 0 Å². The largest absolute Gasteiger partial charge is 0.465 e. The third kappa shape index (κ3) is 3.55. The Morgan fingerprint density at radius 1 is 1.17 bits per heavy atom. The Kier molecular flexibility index (Phi) is 4.77. The number of aromatic nitrogens is 1. The van der Waals surface area contributed by atoms with E-state index in [9.17, 15) is 13.2 Å². The minimum atomic E-state index is -3.56. The van der Waals surface area contributed by atoms with Crippen LogP contribution in [0.2, 0.25) is 0 Å². The lowest BCUT2D eigenvalue weighted by atomic mass is 10.3. The first-order valence-electron chi connectivity index (χ1n) is 7.48. The second-order valence-corrected chi connectivity index (χ2v) is 7.20. The average molecular weight is 347 g/mol. The molecule has 7 nitrogen and oxygen atoms in total. The van der Waals surface area contributed by atoms with Crippen LogP contribution in [0.5, 0.6) is 0 Å². The molecule has 0 saturated carbocycles. The maximum absolute atomic E-state index is 12.5. The molecule has 2 aromatic heterocycles. The molecule has 0 unspecified atom stereocenters. The van der Waals surface area contributed by atoms with Gasteiger partial charge < -0.3 is 9.32 Å². The first kappa shape index (κ1) is 16.4. The van der Waals surface area contributed by atoms with E-state index < -0.39 is 10.0 Å². The number of carbonyl (C=O) groups excluding carboxylic acids is 1. The van der Waals surface area contributed by atoms with Crippen LogP contribution in [0.1, 0.15) is 5.76 Å². The Labute approximate surface area is 140 Å². The lowest BCUT2D eigenvalue weighted by Crippen LogP contribution is -2.50. The fourth-order valence-electron chi connectivity index (χ4n) is 2.44. The van der Waals surface area contributed by atoms with E-state index in [1.807, 2.05) is 0 Å². The van der Waals surface area contributed by atoms with E-state index in [0.29, 0.717) is 18.8 Å². The number of pyridine rings is 1. The quantitative estimate of drug-likeness (QED) is 0.777. The van der Waals surface area contributed by atoms with Crippen LogP contribution in [0.4, 0.5) is 0 Å². The van der Waals surface area contributed by atoms with Crippen LogP contribution in [-0.2, 0) is 14.8 Å². The number of rotatable bonds is 4. The van der Waals surface area contributed by atoms with Crippen LogP contribution in [0.25, 0.3) is 6.08 Å². The predicted octanol–water partition coefficient (Wildman–Crippen LogP) is 1.22. The second-order valence-electron chi connectivity index (χ2n) is 5.27. The van der Waals surface area contributed by atoms with E-state index in [0.717, 1.165) is 0 Å². The van der Waals surface area contributed by atoms with E-state index in [1.54, 1.807) is 29.2 Å². The summed E-state index contributed by atoms with van der Waals surface area (Å²) < 4.78 is 31.5. The smallest absolute Gasteiger partial charge is 0.246 e. The molecule has 3 rings (SSSR count). The number of nitrogens with zero attached hydrogens (tertiary/aromatic N) is 3. The molecule has 1 fully saturated rings. The topological polar surface area (TPSA) is 83.7 Å². The van der Waals surface area contributed by atoms with Crippen molar-refractivity contribution in [2.75, 3.05) is 26.2 Å². The normalized spacial score (nSPS) is 16.6. The molecule has 1 aliphatic rings. The van der Waals surface area contributed by atoms with Gasteiger partial charge in [-0.1, -0.05) is 0 Å². The third-order valence-electron chi connectivity index (χ3n) is 3.76. The monoisotopic (exact) mass is 347 g/mol. The van der Waals surface area contributed by atoms with E-state index in [1.165, 1.54) is 35.1 Å². The van der Waals surface area contributed by atoms with Crippen LogP contribution in [0.15, 0.2) is 58.3 Å². The lowest BCUT2D eigenvalue weighted by Gasteiger charge is -2.33. The molecule has 0 aromatic carbocycles. The van der Waals surface area contributed by atoms with Gasteiger partial charge in [0.25, 0.3) is 0 Å². The van der Waals surface area contributed by atoms with Crippen molar-refractivity contribution in [2.24, 2.45) is 0 Å². The van der Waals surface area contributed by atoms with Gasteiger partial charge in [-0.15, -0.1) is 0 Å². The summed E-state index contributed by atoms with van der Waals surface area (Å²) in [5.41, 5.74) is 0. The number of hydrogen-bond donors (Lipinski definition) is 0.